The molecule has 6 heteroatoms. The van der Waals surface area contributed by atoms with E-state index in [9.17, 15) is 0 Å². The van der Waals surface area contributed by atoms with Crippen LogP contribution in [0.1, 0.15) is 0 Å². The van der Waals surface area contributed by atoms with Crippen molar-refractivity contribution in [3.05, 3.63) is 12.7 Å². The summed E-state index contributed by atoms with van der Waals surface area (Å²) < 4.78 is 9.46. The van der Waals surface area contributed by atoms with Crippen molar-refractivity contribution in [3.63, 3.8) is 0 Å². The van der Waals surface area contributed by atoms with Crippen molar-refractivity contribution in [3.8, 4) is 0 Å². The molecule has 1 atom stereocenters. The van der Waals surface area contributed by atoms with Crippen molar-refractivity contribution < 1.29 is 19.0 Å². The molecule has 0 rings (SSSR count). The van der Waals surface area contributed by atoms with E-state index in [-0.39, 0.29) is 12.0 Å². The van der Waals surface area contributed by atoms with Crippen molar-refractivity contribution >= 4 is 20.2 Å². The molecule has 0 heterocycles. The summed E-state index contributed by atoms with van der Waals surface area (Å²) in [4.78, 5) is 16.7. The first kappa shape index (κ1) is 12.3. The van der Waals surface area contributed by atoms with Crippen LogP contribution < -0.4 is 0 Å². The Balaban J connectivity index is 3.21. The first-order valence-corrected chi connectivity index (χ1v) is 4.90. The van der Waals surface area contributed by atoms with Gasteiger partial charge in [-0.1, -0.05) is 6.08 Å². The van der Waals surface area contributed by atoms with Crippen molar-refractivity contribution in [1.82, 2.24) is 0 Å². The summed E-state index contributed by atoms with van der Waals surface area (Å²) in [5.41, 5.74) is 0. The van der Waals surface area contributed by atoms with Gasteiger partial charge in [-0.15, -0.1) is 18.2 Å². The number of hydrogen-bond acceptors (Lipinski definition) is 4. The molecule has 0 saturated heterocycles. The molecule has 1 unspecified atom stereocenters. The van der Waals surface area contributed by atoms with Crippen LogP contribution in [0.15, 0.2) is 12.7 Å². The van der Waals surface area contributed by atoms with Gasteiger partial charge in [0.15, 0.2) is 0 Å². The van der Waals surface area contributed by atoms with Crippen LogP contribution in [0.2, 0.25) is 0 Å². The van der Waals surface area contributed by atoms with Crippen molar-refractivity contribution in [1.29, 1.82) is 0 Å². The molecule has 0 fully saturated rings. The lowest BCUT2D eigenvalue weighted by Gasteiger charge is -2.09. The quantitative estimate of drug-likeness (QED) is 0.288. The largest absolute Gasteiger partial charge is 0.376 e. The van der Waals surface area contributed by atoms with Crippen LogP contribution in [0.25, 0.3) is 0 Å². The summed E-state index contributed by atoms with van der Waals surface area (Å²) in [5.74, 6) is 0. The highest BCUT2D eigenvalue weighted by atomic mass is 35.5. The molecule has 0 aliphatic carbocycles. The highest BCUT2D eigenvalue weighted by Crippen LogP contribution is 2.24. The third-order valence-corrected chi connectivity index (χ3v) is 1.54. The lowest BCUT2D eigenvalue weighted by molar-refractivity contribution is 0.142. The minimum Gasteiger partial charge on any atom is -0.376 e. The summed E-state index contributed by atoms with van der Waals surface area (Å²) in [6.07, 6.45) is 1.61. The number of hydrogen-bond donors (Lipinski definition) is 2. The van der Waals surface area contributed by atoms with Crippen LogP contribution in [0.4, 0.5) is 0 Å². The Kier molecular flexibility index (Phi) is 8.12. The van der Waals surface area contributed by atoms with Crippen LogP contribution in [0.5, 0.6) is 0 Å². The highest BCUT2D eigenvalue weighted by Gasteiger charge is 2.07. The Bertz CT molecular complexity index is 122. The van der Waals surface area contributed by atoms with E-state index in [2.05, 4.69) is 11.1 Å². The summed E-state index contributed by atoms with van der Waals surface area (Å²) in [6.45, 7) is 4.25. The highest BCUT2D eigenvalue weighted by molar-refractivity contribution is 7.39. The molecule has 0 radical (unpaired) electrons. The Morgan fingerprint density at radius 3 is 2.67 bits per heavy atom. The van der Waals surface area contributed by atoms with Crippen molar-refractivity contribution in [2.75, 3.05) is 19.8 Å². The fourth-order valence-corrected chi connectivity index (χ4v) is 1.03. The monoisotopic (exact) mass is 214 g/mol. The van der Waals surface area contributed by atoms with Gasteiger partial charge in [-0.3, -0.25) is 0 Å². The average molecular weight is 215 g/mol. The topological polar surface area (TPSA) is 58.9 Å². The number of ether oxygens (including phenoxy) is 1. The maximum Gasteiger partial charge on any atom is 0.327 e. The van der Waals surface area contributed by atoms with E-state index >= 15 is 0 Å². The second kappa shape index (κ2) is 7.92. The summed E-state index contributed by atoms with van der Waals surface area (Å²) in [6, 6.07) is 0. The van der Waals surface area contributed by atoms with E-state index < -0.39 is 8.60 Å². The molecular weight excluding hydrogens is 202 g/mol. The van der Waals surface area contributed by atoms with Gasteiger partial charge in [-0.2, -0.15) is 0 Å². The Hall–Kier alpha value is 0.300. The first-order valence-electron chi connectivity index (χ1n) is 3.30. The fourth-order valence-electron chi connectivity index (χ4n) is 0.475. The Labute approximate surface area is 77.8 Å². The fraction of sp³-hybridized carbons (Fsp3) is 0.667. The average Bonchev–Trinajstić information content (AvgIpc) is 2.01. The Morgan fingerprint density at radius 1 is 1.50 bits per heavy atom. The van der Waals surface area contributed by atoms with E-state index in [1.165, 1.54) is 0 Å². The van der Waals surface area contributed by atoms with Crippen LogP contribution in [-0.4, -0.2) is 35.0 Å². The van der Waals surface area contributed by atoms with Crippen molar-refractivity contribution in [2.45, 2.75) is 5.38 Å². The molecule has 4 nitrogen and oxygen atoms in total. The molecule has 0 saturated carbocycles. The zero-order chi connectivity index (χ0) is 9.40. The molecule has 12 heavy (non-hydrogen) atoms. The number of alkyl halides is 1. The van der Waals surface area contributed by atoms with Crippen LogP contribution >= 0.6 is 20.2 Å². The van der Waals surface area contributed by atoms with E-state index in [1.807, 2.05) is 0 Å². The van der Waals surface area contributed by atoms with E-state index in [0.717, 1.165) is 0 Å². The van der Waals surface area contributed by atoms with E-state index in [4.69, 9.17) is 26.1 Å². The minimum absolute atomic E-state index is 0.0669. The lowest BCUT2D eigenvalue weighted by Crippen LogP contribution is -2.14. The summed E-state index contributed by atoms with van der Waals surface area (Å²) in [5, 5.41) is -0.366. The Morgan fingerprint density at radius 2 is 2.17 bits per heavy atom. The molecule has 2 N–H and O–H groups in total. The van der Waals surface area contributed by atoms with Gasteiger partial charge in [0.1, 0.15) is 0 Å². The summed E-state index contributed by atoms with van der Waals surface area (Å²) in [7, 11) is -2.31. The maximum atomic E-state index is 8.36. The van der Waals surface area contributed by atoms with E-state index in [0.29, 0.717) is 13.2 Å². The predicted molar refractivity (Wildman–Crippen MR) is 48.0 cm³/mol. The normalized spacial score (nSPS) is 13.3. The second-order valence-electron chi connectivity index (χ2n) is 1.97. The lowest BCUT2D eigenvalue weighted by atomic mass is 10.5. The first-order chi connectivity index (χ1) is 5.66. The molecule has 0 spiro atoms. The van der Waals surface area contributed by atoms with Gasteiger partial charge in [0.25, 0.3) is 0 Å². The van der Waals surface area contributed by atoms with Crippen LogP contribution in [0.3, 0.4) is 0 Å². The summed E-state index contributed by atoms with van der Waals surface area (Å²) >= 11 is 5.66. The number of halogens is 1. The molecule has 0 aromatic rings. The molecule has 0 aromatic carbocycles. The predicted octanol–water partition coefficient (Wildman–Crippen LogP) is 1.02. The molecular formula is C6H12ClO4P. The van der Waals surface area contributed by atoms with Gasteiger partial charge in [0.2, 0.25) is 0 Å². The van der Waals surface area contributed by atoms with Crippen LogP contribution in [0, 0.1) is 0 Å². The smallest absolute Gasteiger partial charge is 0.327 e. The van der Waals surface area contributed by atoms with Gasteiger partial charge < -0.3 is 19.0 Å². The van der Waals surface area contributed by atoms with Crippen molar-refractivity contribution in [2.24, 2.45) is 0 Å². The standard InChI is InChI=1S/C6H12ClO4P/c1-2-3-10-4-6(7)5-11-12(8)9/h2,6,8-9H,1,3-5H2. The zero-order valence-corrected chi connectivity index (χ0v) is 8.17. The van der Waals surface area contributed by atoms with Crippen LogP contribution in [-0.2, 0) is 9.26 Å². The zero-order valence-electron chi connectivity index (χ0n) is 6.52. The van der Waals surface area contributed by atoms with Gasteiger partial charge in [0, 0.05) is 0 Å². The second-order valence-corrected chi connectivity index (χ2v) is 3.35. The van der Waals surface area contributed by atoms with Gasteiger partial charge in [-0.25, -0.2) is 0 Å². The molecule has 0 bridgehead atoms. The minimum atomic E-state index is -2.31. The molecule has 0 amide bonds. The molecule has 0 aliphatic rings. The number of rotatable bonds is 7. The molecule has 0 aliphatic heterocycles. The van der Waals surface area contributed by atoms with Gasteiger partial charge in [0.05, 0.1) is 25.2 Å². The maximum absolute atomic E-state index is 8.36. The van der Waals surface area contributed by atoms with E-state index in [1.54, 1.807) is 6.08 Å². The van der Waals surface area contributed by atoms with Gasteiger partial charge >= 0.3 is 8.60 Å². The SMILES string of the molecule is C=CCOCC(Cl)COP(O)O. The third-order valence-electron chi connectivity index (χ3n) is 0.905. The molecule has 72 valence electrons. The van der Waals surface area contributed by atoms with Gasteiger partial charge in [-0.05, 0) is 0 Å². The third kappa shape index (κ3) is 8.40. The molecule has 0 aromatic heterocycles.